The van der Waals surface area contributed by atoms with E-state index in [1.165, 1.54) is 0 Å². The molecule has 0 bridgehead atoms. The molecule has 2 rings (SSSR count). The summed E-state index contributed by atoms with van der Waals surface area (Å²) in [6, 6.07) is 2.11. The summed E-state index contributed by atoms with van der Waals surface area (Å²) in [4.78, 5) is 8.93. The lowest BCUT2D eigenvalue weighted by molar-refractivity contribution is 0.454. The fourth-order valence-electron chi connectivity index (χ4n) is 1.80. The van der Waals surface area contributed by atoms with Gasteiger partial charge in [0.1, 0.15) is 11.6 Å². The lowest BCUT2D eigenvalue weighted by Gasteiger charge is -2.10. The Morgan fingerprint density at radius 1 is 1.24 bits per heavy atom. The minimum Gasteiger partial charge on any atom is -0.436 e. The Hall–Kier alpha value is -2.11. The van der Waals surface area contributed by atoms with Crippen LogP contribution in [0.1, 0.15) is 52.4 Å². The topological polar surface area (TPSA) is 64.9 Å². The Morgan fingerprint density at radius 3 is 2.57 bits per heavy atom. The number of aromatic nitrogens is 4. The van der Waals surface area contributed by atoms with Crippen LogP contribution in [0, 0.1) is 0 Å². The van der Waals surface area contributed by atoms with Crippen LogP contribution in [0.2, 0.25) is 0 Å². The van der Waals surface area contributed by atoms with Gasteiger partial charge in [0.25, 0.3) is 0 Å². The summed E-state index contributed by atoms with van der Waals surface area (Å²) < 4.78 is 7.66. The molecule has 0 aliphatic rings. The first-order chi connectivity index (χ1) is 9.99. The molecule has 2 aromatic rings. The zero-order valence-corrected chi connectivity index (χ0v) is 13.3. The molecule has 0 saturated heterocycles. The second-order valence-corrected chi connectivity index (χ2v) is 5.49. The maximum absolute atomic E-state index is 5.81. The van der Waals surface area contributed by atoms with Gasteiger partial charge in [0.2, 0.25) is 5.88 Å². The molecule has 0 fully saturated rings. The van der Waals surface area contributed by atoms with E-state index in [9.17, 15) is 0 Å². The van der Waals surface area contributed by atoms with E-state index in [1.807, 2.05) is 23.9 Å². The average molecular weight is 289 g/mol. The highest BCUT2D eigenvalue weighted by molar-refractivity contribution is 5.39. The molecule has 0 unspecified atom stereocenters. The van der Waals surface area contributed by atoms with E-state index >= 15 is 0 Å². The summed E-state index contributed by atoms with van der Waals surface area (Å²) in [6.45, 7) is 11.1. The zero-order valence-electron chi connectivity index (χ0n) is 13.3. The van der Waals surface area contributed by atoms with Crippen LogP contribution in [0.3, 0.4) is 0 Å². The number of ether oxygens (including phenoxy) is 1. The monoisotopic (exact) mass is 289 g/mol. The first-order valence-corrected chi connectivity index (χ1v) is 7.34. The molecule has 2 aromatic heterocycles. The van der Waals surface area contributed by atoms with Crippen LogP contribution in [0.15, 0.2) is 18.5 Å². The van der Waals surface area contributed by atoms with Crippen molar-refractivity contribution in [3.8, 4) is 11.6 Å². The van der Waals surface area contributed by atoms with E-state index in [-0.39, 0.29) is 5.92 Å². The third-order valence-corrected chi connectivity index (χ3v) is 2.92. The fraction of sp³-hybridized carbons (Fsp3) is 0.533. The molecule has 6 nitrogen and oxygen atoms in total. The van der Waals surface area contributed by atoms with Crippen LogP contribution in [0.4, 0.5) is 5.82 Å². The van der Waals surface area contributed by atoms with Crippen molar-refractivity contribution in [2.24, 2.45) is 0 Å². The molecule has 1 N–H and O–H groups in total. The van der Waals surface area contributed by atoms with E-state index < -0.39 is 0 Å². The number of rotatable bonds is 6. The van der Waals surface area contributed by atoms with Gasteiger partial charge in [-0.1, -0.05) is 13.8 Å². The zero-order chi connectivity index (χ0) is 15.4. The van der Waals surface area contributed by atoms with Gasteiger partial charge in [-0.15, -0.1) is 0 Å². The van der Waals surface area contributed by atoms with Gasteiger partial charge in [0.05, 0.1) is 12.4 Å². The van der Waals surface area contributed by atoms with Crippen molar-refractivity contribution >= 4 is 5.82 Å². The van der Waals surface area contributed by atoms with E-state index in [4.69, 9.17) is 4.74 Å². The number of hydrogen-bond acceptors (Lipinski definition) is 5. The first-order valence-electron chi connectivity index (χ1n) is 7.34. The van der Waals surface area contributed by atoms with Gasteiger partial charge in [-0.05, 0) is 20.8 Å². The van der Waals surface area contributed by atoms with Crippen LogP contribution in [-0.4, -0.2) is 26.3 Å². The van der Waals surface area contributed by atoms with Gasteiger partial charge < -0.3 is 10.1 Å². The highest BCUT2D eigenvalue weighted by Crippen LogP contribution is 2.24. The second kappa shape index (κ2) is 6.56. The van der Waals surface area contributed by atoms with Crippen molar-refractivity contribution in [2.45, 2.75) is 46.6 Å². The van der Waals surface area contributed by atoms with E-state index in [1.54, 1.807) is 6.20 Å². The van der Waals surface area contributed by atoms with Gasteiger partial charge in [-0.25, -0.2) is 4.98 Å². The molecule has 0 aliphatic carbocycles. The third-order valence-electron chi connectivity index (χ3n) is 2.92. The van der Waals surface area contributed by atoms with Crippen molar-refractivity contribution in [1.29, 1.82) is 0 Å². The van der Waals surface area contributed by atoms with Gasteiger partial charge >= 0.3 is 0 Å². The highest BCUT2D eigenvalue weighted by Gasteiger charge is 2.10. The van der Waals surface area contributed by atoms with Crippen LogP contribution < -0.4 is 10.1 Å². The van der Waals surface area contributed by atoms with Gasteiger partial charge in [-0.2, -0.15) is 10.1 Å². The number of hydrogen-bond donors (Lipinski definition) is 1. The van der Waals surface area contributed by atoms with Crippen molar-refractivity contribution in [2.75, 3.05) is 11.9 Å². The van der Waals surface area contributed by atoms with E-state index in [2.05, 4.69) is 48.1 Å². The Bertz CT molecular complexity index is 591. The second-order valence-electron chi connectivity index (χ2n) is 5.49. The Kier molecular flexibility index (Phi) is 4.77. The maximum Gasteiger partial charge on any atom is 0.224 e. The molecular weight excluding hydrogens is 266 g/mol. The Labute approximate surface area is 125 Å². The summed E-state index contributed by atoms with van der Waals surface area (Å²) >= 11 is 0. The summed E-state index contributed by atoms with van der Waals surface area (Å²) in [7, 11) is 0. The fourth-order valence-corrected chi connectivity index (χ4v) is 1.80. The molecule has 0 aliphatic heterocycles. The molecule has 21 heavy (non-hydrogen) atoms. The van der Waals surface area contributed by atoms with Gasteiger partial charge in [0, 0.05) is 24.6 Å². The Balaban J connectivity index is 2.24. The van der Waals surface area contributed by atoms with E-state index in [0.717, 1.165) is 18.2 Å². The standard InChI is InChI=1S/C15H23N5O/c1-6-16-13-7-14(19-15(18-13)10(2)3)21-12-8-17-20(9-12)11(4)5/h7-11H,6H2,1-5H3,(H,16,18,19). The van der Waals surface area contributed by atoms with Crippen LogP contribution >= 0.6 is 0 Å². The van der Waals surface area contributed by atoms with E-state index in [0.29, 0.717) is 17.7 Å². The number of nitrogens with zero attached hydrogens (tertiary/aromatic N) is 4. The van der Waals surface area contributed by atoms with Crippen LogP contribution in [0.25, 0.3) is 0 Å². The lowest BCUT2D eigenvalue weighted by Crippen LogP contribution is -2.05. The Morgan fingerprint density at radius 2 is 2.00 bits per heavy atom. The molecular formula is C15H23N5O. The quantitative estimate of drug-likeness (QED) is 0.880. The van der Waals surface area contributed by atoms with Gasteiger partial charge in [0.15, 0.2) is 5.75 Å². The molecule has 0 saturated carbocycles. The first kappa shape index (κ1) is 15.3. The predicted molar refractivity (Wildman–Crippen MR) is 83.0 cm³/mol. The minimum atomic E-state index is 0.240. The third kappa shape index (κ3) is 3.93. The molecule has 0 atom stereocenters. The van der Waals surface area contributed by atoms with Crippen LogP contribution in [0.5, 0.6) is 11.6 Å². The normalized spacial score (nSPS) is 11.2. The largest absolute Gasteiger partial charge is 0.436 e. The predicted octanol–water partition coefficient (Wildman–Crippen LogP) is 3.60. The summed E-state index contributed by atoms with van der Waals surface area (Å²) in [5, 5.41) is 7.46. The SMILES string of the molecule is CCNc1cc(Oc2cnn(C(C)C)c2)nc(C(C)C)n1. The number of anilines is 1. The van der Waals surface area contributed by atoms with Crippen LogP contribution in [-0.2, 0) is 0 Å². The van der Waals surface area contributed by atoms with Gasteiger partial charge in [-0.3, -0.25) is 4.68 Å². The molecule has 114 valence electrons. The number of nitrogens with one attached hydrogen (secondary N) is 1. The molecule has 0 spiro atoms. The minimum absolute atomic E-state index is 0.240. The maximum atomic E-state index is 5.81. The summed E-state index contributed by atoms with van der Waals surface area (Å²) in [6.07, 6.45) is 3.57. The van der Waals surface area contributed by atoms with Crippen molar-refractivity contribution in [3.63, 3.8) is 0 Å². The highest BCUT2D eigenvalue weighted by atomic mass is 16.5. The summed E-state index contributed by atoms with van der Waals surface area (Å²) in [5.41, 5.74) is 0. The van der Waals surface area contributed by atoms with Crippen molar-refractivity contribution < 1.29 is 4.74 Å². The van der Waals surface area contributed by atoms with Crippen molar-refractivity contribution in [1.82, 2.24) is 19.7 Å². The lowest BCUT2D eigenvalue weighted by atomic mass is 10.2. The molecule has 6 heteroatoms. The molecule has 0 radical (unpaired) electrons. The molecule has 0 amide bonds. The smallest absolute Gasteiger partial charge is 0.224 e. The summed E-state index contributed by atoms with van der Waals surface area (Å²) in [5.74, 6) is 3.00. The van der Waals surface area contributed by atoms with Crippen molar-refractivity contribution in [3.05, 3.63) is 24.3 Å². The molecule has 0 aromatic carbocycles. The average Bonchev–Trinajstić information content (AvgIpc) is 2.87. The molecule has 2 heterocycles.